The van der Waals surface area contributed by atoms with Crippen molar-refractivity contribution in [2.45, 2.75) is 13.0 Å². The second kappa shape index (κ2) is 6.16. The smallest absolute Gasteiger partial charge is 0.296 e. The molecule has 0 N–H and O–H groups in total. The van der Waals surface area contributed by atoms with Gasteiger partial charge in [-0.25, -0.2) is 4.98 Å². The van der Waals surface area contributed by atoms with Crippen LogP contribution in [-0.4, -0.2) is 10.9 Å². The Labute approximate surface area is 160 Å². The van der Waals surface area contributed by atoms with Gasteiger partial charge in [0.15, 0.2) is 5.43 Å². The topological polar surface area (TPSA) is 63.4 Å². The lowest BCUT2D eigenvalue weighted by Crippen LogP contribution is -2.30. The number of anilines is 1. The van der Waals surface area contributed by atoms with Crippen LogP contribution in [0.1, 0.15) is 33.3 Å². The third kappa shape index (κ3) is 2.36. The van der Waals surface area contributed by atoms with E-state index in [0.717, 1.165) is 11.1 Å². The number of carbonyl (C=O) groups is 1. The molecule has 1 aliphatic rings. The highest BCUT2D eigenvalue weighted by molar-refractivity contribution is 6.10. The standard InChI is InChI=1S/C23H16N2O3/c1-14-11-12-18(24-13-14)25-20(15-7-3-2-4-8-15)19-21(26)16-9-5-6-10-17(16)28-22(19)23(25)27/h2-13,20H,1H3/t20-/m0/s1. The largest absolute Gasteiger partial charge is 0.450 e. The van der Waals surface area contributed by atoms with Gasteiger partial charge in [0.05, 0.1) is 17.0 Å². The minimum Gasteiger partial charge on any atom is -0.450 e. The van der Waals surface area contributed by atoms with Crippen LogP contribution in [0.25, 0.3) is 11.0 Å². The molecule has 28 heavy (non-hydrogen) atoms. The molecular weight excluding hydrogens is 352 g/mol. The Kier molecular flexibility index (Phi) is 3.62. The maximum absolute atomic E-state index is 13.3. The predicted molar refractivity (Wildman–Crippen MR) is 107 cm³/mol. The number of hydrogen-bond acceptors (Lipinski definition) is 4. The maximum atomic E-state index is 13.3. The lowest BCUT2D eigenvalue weighted by Gasteiger charge is -2.24. The van der Waals surface area contributed by atoms with E-state index in [4.69, 9.17) is 4.42 Å². The van der Waals surface area contributed by atoms with Gasteiger partial charge in [0, 0.05) is 6.20 Å². The number of benzene rings is 2. The highest BCUT2D eigenvalue weighted by Crippen LogP contribution is 2.40. The summed E-state index contributed by atoms with van der Waals surface area (Å²) in [6.45, 7) is 1.93. The molecule has 5 nitrogen and oxygen atoms in total. The van der Waals surface area contributed by atoms with Gasteiger partial charge < -0.3 is 4.42 Å². The van der Waals surface area contributed by atoms with Crippen molar-refractivity contribution < 1.29 is 9.21 Å². The van der Waals surface area contributed by atoms with Gasteiger partial charge in [-0.3, -0.25) is 14.5 Å². The van der Waals surface area contributed by atoms with Crippen LogP contribution in [0.15, 0.2) is 82.1 Å². The molecule has 1 amide bonds. The van der Waals surface area contributed by atoms with Gasteiger partial charge in [0.1, 0.15) is 11.4 Å². The SMILES string of the molecule is Cc1ccc(N2C(=O)c3oc4ccccc4c(=O)c3[C@@H]2c2ccccc2)nc1. The van der Waals surface area contributed by atoms with Crippen molar-refractivity contribution in [2.24, 2.45) is 0 Å². The summed E-state index contributed by atoms with van der Waals surface area (Å²) < 4.78 is 5.91. The molecule has 5 rings (SSSR count). The third-order valence-electron chi connectivity index (χ3n) is 5.04. The van der Waals surface area contributed by atoms with Crippen LogP contribution < -0.4 is 10.3 Å². The number of rotatable bonds is 2. The Morgan fingerprint density at radius 3 is 2.43 bits per heavy atom. The third-order valence-corrected chi connectivity index (χ3v) is 5.04. The van der Waals surface area contributed by atoms with Crippen molar-refractivity contribution in [3.63, 3.8) is 0 Å². The molecular formula is C23H16N2O3. The van der Waals surface area contributed by atoms with E-state index < -0.39 is 6.04 Å². The molecule has 2 aromatic carbocycles. The highest BCUT2D eigenvalue weighted by Gasteiger charge is 2.44. The molecule has 0 bridgehead atoms. The van der Waals surface area contributed by atoms with E-state index in [9.17, 15) is 9.59 Å². The van der Waals surface area contributed by atoms with Gasteiger partial charge in [-0.2, -0.15) is 0 Å². The fourth-order valence-electron chi connectivity index (χ4n) is 3.71. The molecule has 1 aliphatic heterocycles. The van der Waals surface area contributed by atoms with Gasteiger partial charge >= 0.3 is 0 Å². The molecule has 136 valence electrons. The normalized spacial score (nSPS) is 15.8. The first-order valence-corrected chi connectivity index (χ1v) is 9.02. The first-order chi connectivity index (χ1) is 13.6. The van der Waals surface area contributed by atoms with Crippen molar-refractivity contribution in [2.75, 3.05) is 4.90 Å². The Balaban J connectivity index is 1.82. The van der Waals surface area contributed by atoms with Crippen LogP contribution in [0, 0.1) is 6.92 Å². The van der Waals surface area contributed by atoms with E-state index in [1.807, 2.05) is 43.3 Å². The van der Waals surface area contributed by atoms with Crippen molar-refractivity contribution in [3.05, 3.63) is 106 Å². The van der Waals surface area contributed by atoms with E-state index in [1.54, 1.807) is 41.4 Å². The van der Waals surface area contributed by atoms with Crippen molar-refractivity contribution in [1.82, 2.24) is 4.98 Å². The molecule has 0 saturated heterocycles. The minimum absolute atomic E-state index is 0.0833. The quantitative estimate of drug-likeness (QED) is 0.531. The Hall–Kier alpha value is -3.73. The molecule has 3 heterocycles. The summed E-state index contributed by atoms with van der Waals surface area (Å²) in [5.41, 5.74) is 2.40. The van der Waals surface area contributed by atoms with Crippen molar-refractivity contribution in [3.8, 4) is 0 Å². The molecule has 0 unspecified atom stereocenters. The zero-order valence-corrected chi connectivity index (χ0v) is 15.1. The fraction of sp³-hybridized carbons (Fsp3) is 0.0870. The zero-order valence-electron chi connectivity index (χ0n) is 15.1. The van der Waals surface area contributed by atoms with Crippen molar-refractivity contribution in [1.29, 1.82) is 0 Å². The number of amides is 1. The number of hydrogen-bond donors (Lipinski definition) is 0. The average Bonchev–Trinajstić information content (AvgIpc) is 3.02. The van der Waals surface area contributed by atoms with Gasteiger partial charge in [-0.15, -0.1) is 0 Å². The number of aryl methyl sites for hydroxylation is 1. The summed E-state index contributed by atoms with van der Waals surface area (Å²) in [5.74, 6) is 0.210. The maximum Gasteiger partial charge on any atom is 0.296 e. The average molecular weight is 368 g/mol. The molecule has 0 radical (unpaired) electrons. The summed E-state index contributed by atoms with van der Waals surface area (Å²) in [5, 5.41) is 0.466. The van der Waals surface area contributed by atoms with Crippen LogP contribution in [-0.2, 0) is 0 Å². The second-order valence-electron chi connectivity index (χ2n) is 6.85. The summed E-state index contributed by atoms with van der Waals surface area (Å²) in [6, 6.07) is 19.6. The van der Waals surface area contributed by atoms with Gasteiger partial charge in [-0.05, 0) is 36.2 Å². The van der Waals surface area contributed by atoms with E-state index in [-0.39, 0.29) is 17.1 Å². The number of nitrogens with zero attached hydrogens (tertiary/aromatic N) is 2. The van der Waals surface area contributed by atoms with Crippen LogP contribution in [0.4, 0.5) is 5.82 Å². The summed E-state index contributed by atoms with van der Waals surface area (Å²) >= 11 is 0. The predicted octanol–water partition coefficient (Wildman–Crippen LogP) is 4.25. The Morgan fingerprint density at radius 2 is 1.68 bits per heavy atom. The van der Waals surface area contributed by atoms with Crippen LogP contribution in [0.3, 0.4) is 0 Å². The first kappa shape index (κ1) is 16.4. The van der Waals surface area contributed by atoms with Crippen LogP contribution >= 0.6 is 0 Å². The molecule has 0 aliphatic carbocycles. The highest BCUT2D eigenvalue weighted by atomic mass is 16.3. The van der Waals surface area contributed by atoms with Crippen molar-refractivity contribution >= 4 is 22.7 Å². The lowest BCUT2D eigenvalue weighted by molar-refractivity contribution is 0.0970. The lowest BCUT2D eigenvalue weighted by atomic mass is 9.98. The first-order valence-electron chi connectivity index (χ1n) is 9.02. The monoisotopic (exact) mass is 368 g/mol. The zero-order chi connectivity index (χ0) is 19.3. The minimum atomic E-state index is -0.584. The molecule has 2 aromatic heterocycles. The van der Waals surface area contributed by atoms with E-state index >= 15 is 0 Å². The fourth-order valence-corrected chi connectivity index (χ4v) is 3.71. The molecule has 5 heteroatoms. The molecule has 0 fully saturated rings. The summed E-state index contributed by atoms with van der Waals surface area (Å²) in [4.78, 5) is 32.6. The molecule has 0 spiro atoms. The second-order valence-corrected chi connectivity index (χ2v) is 6.85. The summed E-state index contributed by atoms with van der Waals surface area (Å²) in [7, 11) is 0. The van der Waals surface area contributed by atoms with E-state index in [1.165, 1.54) is 0 Å². The molecule has 4 aromatic rings. The molecule has 0 saturated carbocycles. The van der Waals surface area contributed by atoms with Gasteiger partial charge in [0.2, 0.25) is 5.76 Å². The molecule has 1 atom stereocenters. The Bertz CT molecular complexity index is 1260. The number of fused-ring (bicyclic) bond motifs is 2. The van der Waals surface area contributed by atoms with Crippen LogP contribution in [0.5, 0.6) is 0 Å². The number of para-hydroxylation sites is 1. The Morgan fingerprint density at radius 1 is 0.929 bits per heavy atom. The summed E-state index contributed by atoms with van der Waals surface area (Å²) in [6.07, 6.45) is 1.71. The van der Waals surface area contributed by atoms with Gasteiger partial charge in [-0.1, -0.05) is 48.5 Å². The van der Waals surface area contributed by atoms with E-state index in [2.05, 4.69) is 4.98 Å². The van der Waals surface area contributed by atoms with Gasteiger partial charge in [0.25, 0.3) is 5.91 Å². The van der Waals surface area contributed by atoms with Crippen LogP contribution in [0.2, 0.25) is 0 Å². The number of aromatic nitrogens is 1. The number of carbonyl (C=O) groups excluding carboxylic acids is 1. The van der Waals surface area contributed by atoms with E-state index in [0.29, 0.717) is 22.4 Å². The number of pyridine rings is 1.